The van der Waals surface area contributed by atoms with Gasteiger partial charge in [-0.15, -0.1) is 11.3 Å². The summed E-state index contributed by atoms with van der Waals surface area (Å²) in [6.07, 6.45) is -1.79. The number of aliphatic hydroxyl groups excluding tert-OH is 1. The van der Waals surface area contributed by atoms with Crippen LogP contribution in [-0.2, 0) is 18.9 Å². The number of ether oxygens (including phenoxy) is 4. The molecule has 2 unspecified atom stereocenters. The molecular formula is C20H24O5S. The van der Waals surface area contributed by atoms with E-state index in [1.807, 2.05) is 61.7 Å². The quantitative estimate of drug-likeness (QED) is 0.882. The molecule has 2 aliphatic rings. The first-order valence-corrected chi connectivity index (χ1v) is 9.73. The molecule has 0 bridgehead atoms. The van der Waals surface area contributed by atoms with E-state index in [1.165, 1.54) is 0 Å². The zero-order valence-electron chi connectivity index (χ0n) is 14.9. The Labute approximate surface area is 157 Å². The highest BCUT2D eigenvalue weighted by molar-refractivity contribution is 7.10. The van der Waals surface area contributed by atoms with E-state index in [0.29, 0.717) is 6.61 Å². The Kier molecular flexibility index (Phi) is 5.14. The maximum Gasteiger partial charge on any atom is 0.194 e. The molecule has 5 nitrogen and oxygen atoms in total. The fourth-order valence-electron chi connectivity index (χ4n) is 3.39. The lowest BCUT2D eigenvalue weighted by molar-refractivity contribution is -0.376. The van der Waals surface area contributed by atoms with Gasteiger partial charge in [0.05, 0.1) is 24.2 Å². The molecule has 3 heterocycles. The topological polar surface area (TPSA) is 57.2 Å². The molecule has 2 fully saturated rings. The van der Waals surface area contributed by atoms with E-state index in [1.54, 1.807) is 11.3 Å². The Hall–Kier alpha value is -1.28. The second-order valence-electron chi connectivity index (χ2n) is 7.40. The summed E-state index contributed by atoms with van der Waals surface area (Å²) < 4.78 is 24.6. The standard InChI is InChI=1S/C20H24O5S/c1-20(2,12-21)17-16-14(23-19(25-17)15-9-6-10-26-15)11-22-18(24-16)13-7-4-3-5-8-13/h3-10,14,16-19,21H,11-12H2,1-2H3/t14-,16+,17-,18?,19?/m0/s1. The third kappa shape index (κ3) is 3.45. The Morgan fingerprint density at radius 1 is 1.04 bits per heavy atom. The van der Waals surface area contributed by atoms with Crippen LogP contribution < -0.4 is 0 Å². The molecule has 1 N–H and O–H groups in total. The summed E-state index contributed by atoms with van der Waals surface area (Å²) in [5, 5.41) is 11.9. The SMILES string of the molecule is CC(C)(CO)[C@H]1OC(c2cccs2)O[C@H]2COC(c3ccccc3)O[C@H]21. The fraction of sp³-hybridized carbons (Fsp3) is 0.500. The minimum absolute atomic E-state index is 0.00172. The van der Waals surface area contributed by atoms with Crippen LogP contribution in [0.1, 0.15) is 36.9 Å². The van der Waals surface area contributed by atoms with Gasteiger partial charge in [-0.05, 0) is 11.4 Å². The van der Waals surface area contributed by atoms with Crippen LogP contribution in [0.4, 0.5) is 0 Å². The molecule has 2 saturated heterocycles. The first kappa shape index (κ1) is 18.1. The lowest BCUT2D eigenvalue weighted by Crippen LogP contribution is -2.59. The highest BCUT2D eigenvalue weighted by Crippen LogP contribution is 2.43. The molecule has 0 saturated carbocycles. The molecule has 140 valence electrons. The van der Waals surface area contributed by atoms with Crippen LogP contribution in [-0.4, -0.2) is 36.6 Å². The van der Waals surface area contributed by atoms with Gasteiger partial charge >= 0.3 is 0 Å². The Balaban J connectivity index is 1.59. The van der Waals surface area contributed by atoms with Crippen molar-refractivity contribution in [2.24, 2.45) is 5.41 Å². The number of hydrogen-bond donors (Lipinski definition) is 1. The number of fused-ring (bicyclic) bond motifs is 1. The molecule has 2 aliphatic heterocycles. The summed E-state index contributed by atoms with van der Waals surface area (Å²) in [5.41, 5.74) is 0.493. The molecule has 1 aromatic carbocycles. The number of hydrogen-bond acceptors (Lipinski definition) is 6. The average Bonchev–Trinajstić information content (AvgIpc) is 3.22. The van der Waals surface area contributed by atoms with Crippen molar-refractivity contribution in [2.45, 2.75) is 44.7 Å². The summed E-state index contributed by atoms with van der Waals surface area (Å²) >= 11 is 1.59. The van der Waals surface area contributed by atoms with Crippen molar-refractivity contribution in [2.75, 3.05) is 13.2 Å². The van der Waals surface area contributed by atoms with E-state index in [0.717, 1.165) is 10.4 Å². The van der Waals surface area contributed by atoms with E-state index in [-0.39, 0.29) is 24.9 Å². The maximum absolute atomic E-state index is 9.93. The predicted molar refractivity (Wildman–Crippen MR) is 97.7 cm³/mol. The lowest BCUT2D eigenvalue weighted by Gasteiger charge is -2.50. The second kappa shape index (κ2) is 7.38. The van der Waals surface area contributed by atoms with Crippen molar-refractivity contribution in [3.05, 3.63) is 58.3 Å². The zero-order valence-corrected chi connectivity index (χ0v) is 15.7. The zero-order chi connectivity index (χ0) is 18.1. The number of rotatable bonds is 4. The Morgan fingerprint density at radius 3 is 2.54 bits per heavy atom. The van der Waals surface area contributed by atoms with E-state index < -0.39 is 18.0 Å². The molecular weight excluding hydrogens is 352 g/mol. The normalized spacial score (nSPS) is 32.2. The van der Waals surface area contributed by atoms with E-state index in [2.05, 4.69) is 0 Å². The van der Waals surface area contributed by atoms with Crippen LogP contribution in [0.25, 0.3) is 0 Å². The highest BCUT2D eigenvalue weighted by atomic mass is 32.1. The molecule has 0 spiro atoms. The predicted octanol–water partition coefficient (Wildman–Crippen LogP) is 3.66. The van der Waals surface area contributed by atoms with Gasteiger partial charge in [0, 0.05) is 11.0 Å². The van der Waals surface area contributed by atoms with Crippen LogP contribution in [0.2, 0.25) is 0 Å². The average molecular weight is 376 g/mol. The minimum Gasteiger partial charge on any atom is -0.396 e. The van der Waals surface area contributed by atoms with Crippen LogP contribution in [0.3, 0.4) is 0 Å². The summed E-state index contributed by atoms with van der Waals surface area (Å²) in [4.78, 5) is 1.01. The van der Waals surface area contributed by atoms with Crippen molar-refractivity contribution in [3.63, 3.8) is 0 Å². The molecule has 0 amide bonds. The number of benzene rings is 1. The molecule has 5 atom stereocenters. The van der Waals surface area contributed by atoms with Gasteiger partial charge in [0.15, 0.2) is 12.6 Å². The van der Waals surface area contributed by atoms with Gasteiger partial charge in [-0.1, -0.05) is 50.2 Å². The minimum atomic E-state index is -0.471. The van der Waals surface area contributed by atoms with Gasteiger partial charge in [-0.25, -0.2) is 0 Å². The molecule has 0 aliphatic carbocycles. The molecule has 4 rings (SSSR count). The summed E-state index contributed by atoms with van der Waals surface area (Å²) in [5.74, 6) is 0. The molecule has 26 heavy (non-hydrogen) atoms. The van der Waals surface area contributed by atoms with Crippen LogP contribution in [0, 0.1) is 5.41 Å². The Bertz CT molecular complexity index is 702. The van der Waals surface area contributed by atoms with Crippen LogP contribution in [0.5, 0.6) is 0 Å². The molecule has 2 aromatic rings. The second-order valence-corrected chi connectivity index (χ2v) is 8.38. The lowest BCUT2D eigenvalue weighted by atomic mass is 9.81. The van der Waals surface area contributed by atoms with E-state index in [9.17, 15) is 5.11 Å². The monoisotopic (exact) mass is 376 g/mol. The number of aliphatic hydroxyl groups is 1. The van der Waals surface area contributed by atoms with Crippen molar-refractivity contribution in [1.29, 1.82) is 0 Å². The van der Waals surface area contributed by atoms with Crippen LogP contribution >= 0.6 is 11.3 Å². The maximum atomic E-state index is 9.93. The van der Waals surface area contributed by atoms with E-state index >= 15 is 0 Å². The van der Waals surface area contributed by atoms with Crippen molar-refractivity contribution in [1.82, 2.24) is 0 Å². The smallest absolute Gasteiger partial charge is 0.194 e. The van der Waals surface area contributed by atoms with Gasteiger partial charge in [0.25, 0.3) is 0 Å². The molecule has 1 aromatic heterocycles. The molecule has 0 radical (unpaired) electrons. The van der Waals surface area contributed by atoms with Gasteiger partial charge < -0.3 is 24.1 Å². The molecule has 6 heteroatoms. The third-order valence-corrected chi connectivity index (χ3v) is 5.84. The van der Waals surface area contributed by atoms with Gasteiger partial charge in [0.2, 0.25) is 0 Å². The van der Waals surface area contributed by atoms with Crippen LogP contribution in [0.15, 0.2) is 47.8 Å². The summed E-state index contributed by atoms with van der Waals surface area (Å²) in [6.45, 7) is 4.40. The first-order valence-electron chi connectivity index (χ1n) is 8.86. The van der Waals surface area contributed by atoms with Gasteiger partial charge in [-0.3, -0.25) is 0 Å². The van der Waals surface area contributed by atoms with Crippen molar-refractivity contribution in [3.8, 4) is 0 Å². The first-order chi connectivity index (χ1) is 12.6. The number of thiophene rings is 1. The van der Waals surface area contributed by atoms with Crippen molar-refractivity contribution < 1.29 is 24.1 Å². The summed E-state index contributed by atoms with van der Waals surface area (Å²) in [7, 11) is 0. The third-order valence-electron chi connectivity index (χ3n) is 4.95. The summed E-state index contributed by atoms with van der Waals surface area (Å²) in [6, 6.07) is 13.8. The van der Waals surface area contributed by atoms with E-state index in [4.69, 9.17) is 18.9 Å². The largest absolute Gasteiger partial charge is 0.396 e. The Morgan fingerprint density at radius 2 is 1.85 bits per heavy atom. The highest BCUT2D eigenvalue weighted by Gasteiger charge is 2.51. The fourth-order valence-corrected chi connectivity index (χ4v) is 4.09. The van der Waals surface area contributed by atoms with Gasteiger partial charge in [-0.2, -0.15) is 0 Å². The van der Waals surface area contributed by atoms with Crippen molar-refractivity contribution >= 4 is 11.3 Å². The van der Waals surface area contributed by atoms with Gasteiger partial charge in [0.1, 0.15) is 12.2 Å².